The summed E-state index contributed by atoms with van der Waals surface area (Å²) in [5.41, 5.74) is 3.26. The van der Waals surface area contributed by atoms with Crippen molar-refractivity contribution >= 4 is 23.1 Å². The third kappa shape index (κ3) is 4.14. The Kier molecular flexibility index (Phi) is 5.16. The summed E-state index contributed by atoms with van der Waals surface area (Å²) < 4.78 is 1.53. The van der Waals surface area contributed by atoms with E-state index < -0.39 is 4.92 Å². The first-order valence-electron chi connectivity index (χ1n) is 8.99. The number of hydrogen-bond acceptors (Lipinski definition) is 5. The summed E-state index contributed by atoms with van der Waals surface area (Å²) in [4.78, 5) is 22.7. The van der Waals surface area contributed by atoms with Crippen LogP contribution in [0.1, 0.15) is 0 Å². The molecule has 2 amide bonds. The Labute approximate surface area is 171 Å². The van der Waals surface area contributed by atoms with E-state index in [1.165, 1.54) is 16.8 Å². The van der Waals surface area contributed by atoms with Crippen LogP contribution in [-0.2, 0) is 0 Å². The molecule has 1 heterocycles. The van der Waals surface area contributed by atoms with E-state index in [9.17, 15) is 14.9 Å². The average Bonchev–Trinajstić information content (AvgIpc) is 3.25. The van der Waals surface area contributed by atoms with Crippen LogP contribution >= 0.6 is 0 Å². The molecular weight excluding hydrogens is 384 g/mol. The van der Waals surface area contributed by atoms with E-state index >= 15 is 0 Å². The van der Waals surface area contributed by atoms with Gasteiger partial charge in [0.05, 0.1) is 22.5 Å². The van der Waals surface area contributed by atoms with Crippen molar-refractivity contribution in [1.29, 1.82) is 0 Å². The number of nitrogens with one attached hydrogen (secondary N) is 2. The molecule has 9 nitrogen and oxygen atoms in total. The summed E-state index contributed by atoms with van der Waals surface area (Å²) in [5, 5.41) is 24.5. The summed E-state index contributed by atoms with van der Waals surface area (Å²) in [6.07, 6.45) is 1.57. The minimum Gasteiger partial charge on any atom is -0.308 e. The number of hydrogen-bond donors (Lipinski definition) is 2. The van der Waals surface area contributed by atoms with Gasteiger partial charge in [0.2, 0.25) is 0 Å². The molecule has 30 heavy (non-hydrogen) atoms. The number of anilines is 2. The highest BCUT2D eigenvalue weighted by molar-refractivity contribution is 5.99. The zero-order chi connectivity index (χ0) is 20.9. The quantitative estimate of drug-likeness (QED) is 0.378. The van der Waals surface area contributed by atoms with E-state index in [0.717, 1.165) is 5.56 Å². The maximum absolute atomic E-state index is 12.1. The average molecular weight is 400 g/mol. The third-order valence-electron chi connectivity index (χ3n) is 4.30. The second-order valence-corrected chi connectivity index (χ2v) is 6.33. The molecule has 3 aromatic carbocycles. The number of carbonyl (C=O) groups is 1. The number of urea groups is 1. The van der Waals surface area contributed by atoms with Gasteiger partial charge >= 0.3 is 6.03 Å². The van der Waals surface area contributed by atoms with Crippen LogP contribution in [0.2, 0.25) is 0 Å². The van der Waals surface area contributed by atoms with E-state index in [1.807, 2.05) is 30.3 Å². The van der Waals surface area contributed by atoms with Crippen molar-refractivity contribution < 1.29 is 9.72 Å². The molecule has 0 bridgehead atoms. The third-order valence-corrected chi connectivity index (χ3v) is 4.30. The van der Waals surface area contributed by atoms with Crippen LogP contribution in [-0.4, -0.2) is 25.9 Å². The van der Waals surface area contributed by atoms with Gasteiger partial charge in [-0.15, -0.1) is 5.10 Å². The lowest BCUT2D eigenvalue weighted by Crippen LogP contribution is -2.19. The van der Waals surface area contributed by atoms with Crippen molar-refractivity contribution in [3.63, 3.8) is 0 Å². The second-order valence-electron chi connectivity index (χ2n) is 6.33. The monoisotopic (exact) mass is 400 g/mol. The van der Waals surface area contributed by atoms with E-state index in [-0.39, 0.29) is 11.7 Å². The van der Waals surface area contributed by atoms with Crippen molar-refractivity contribution in [1.82, 2.24) is 15.0 Å². The predicted molar refractivity (Wildman–Crippen MR) is 113 cm³/mol. The molecule has 0 aliphatic rings. The number of aromatic nitrogens is 3. The number of nitro groups is 1. The van der Waals surface area contributed by atoms with Crippen LogP contribution in [0.4, 0.5) is 21.9 Å². The molecule has 148 valence electrons. The lowest BCUT2D eigenvalue weighted by Gasteiger charge is -2.09. The summed E-state index contributed by atoms with van der Waals surface area (Å²) in [6, 6.07) is 22.1. The van der Waals surface area contributed by atoms with Crippen molar-refractivity contribution in [3.05, 3.63) is 95.2 Å². The summed E-state index contributed by atoms with van der Waals surface area (Å²) in [6.45, 7) is 0. The molecule has 9 heteroatoms. The SMILES string of the molecule is O=C(Nc1ccccc1)Nc1ccc(-c2cnnn2-c2cccc([N+](=O)[O-])c2)cc1. The lowest BCUT2D eigenvalue weighted by molar-refractivity contribution is -0.384. The number of non-ortho nitro benzene ring substituents is 1. The fourth-order valence-corrected chi connectivity index (χ4v) is 2.90. The van der Waals surface area contributed by atoms with Gasteiger partial charge in [0.25, 0.3) is 5.69 Å². The molecule has 4 rings (SSSR count). The molecule has 0 aliphatic heterocycles. The molecule has 0 spiro atoms. The van der Waals surface area contributed by atoms with Crippen molar-refractivity contribution in [3.8, 4) is 16.9 Å². The van der Waals surface area contributed by atoms with Gasteiger partial charge < -0.3 is 10.6 Å². The molecule has 4 aromatic rings. The van der Waals surface area contributed by atoms with Gasteiger partial charge in [-0.1, -0.05) is 41.6 Å². The van der Waals surface area contributed by atoms with Crippen molar-refractivity contribution in [2.75, 3.05) is 10.6 Å². The molecule has 0 unspecified atom stereocenters. The molecular formula is C21H16N6O3. The second kappa shape index (κ2) is 8.23. The first-order chi connectivity index (χ1) is 14.6. The topological polar surface area (TPSA) is 115 Å². The molecule has 2 N–H and O–H groups in total. The van der Waals surface area contributed by atoms with Gasteiger partial charge in [0, 0.05) is 29.1 Å². The van der Waals surface area contributed by atoms with Crippen LogP contribution in [0.25, 0.3) is 16.9 Å². The standard InChI is InChI=1S/C21H16N6O3/c28-21(23-16-5-2-1-3-6-16)24-17-11-9-15(10-12-17)20-14-22-25-26(20)18-7-4-8-19(13-18)27(29)30/h1-14H,(H2,23,24,28). The van der Waals surface area contributed by atoms with Gasteiger partial charge in [-0.2, -0.15) is 0 Å². The Morgan fingerprint density at radius 1 is 0.900 bits per heavy atom. The fraction of sp³-hybridized carbons (Fsp3) is 0. The van der Waals surface area contributed by atoms with Crippen molar-refractivity contribution in [2.24, 2.45) is 0 Å². The first-order valence-corrected chi connectivity index (χ1v) is 8.99. The molecule has 0 atom stereocenters. The van der Waals surface area contributed by atoms with E-state index in [4.69, 9.17) is 0 Å². The Bertz CT molecular complexity index is 1190. The fourth-order valence-electron chi connectivity index (χ4n) is 2.90. The number of carbonyl (C=O) groups excluding carboxylic acids is 1. The van der Waals surface area contributed by atoms with Crippen LogP contribution in [0, 0.1) is 10.1 Å². The maximum atomic E-state index is 12.1. The Morgan fingerprint density at radius 3 is 2.30 bits per heavy atom. The van der Waals surface area contributed by atoms with Gasteiger partial charge in [0.1, 0.15) is 0 Å². The molecule has 0 saturated heterocycles. The molecule has 0 saturated carbocycles. The normalized spacial score (nSPS) is 10.4. The Balaban J connectivity index is 1.51. The van der Waals surface area contributed by atoms with Gasteiger partial charge in [0.15, 0.2) is 0 Å². The molecule has 0 fully saturated rings. The number of amides is 2. The van der Waals surface area contributed by atoms with Crippen molar-refractivity contribution in [2.45, 2.75) is 0 Å². The highest BCUT2D eigenvalue weighted by atomic mass is 16.6. The first kappa shape index (κ1) is 18.8. The highest BCUT2D eigenvalue weighted by Gasteiger charge is 2.13. The molecule has 1 aromatic heterocycles. The van der Waals surface area contributed by atoms with Crippen LogP contribution in [0.5, 0.6) is 0 Å². The highest BCUT2D eigenvalue weighted by Crippen LogP contribution is 2.25. The minimum atomic E-state index is -0.457. The zero-order valence-electron chi connectivity index (χ0n) is 15.6. The Hall–Kier alpha value is -4.53. The van der Waals surface area contributed by atoms with E-state index in [2.05, 4.69) is 20.9 Å². The number of benzene rings is 3. The van der Waals surface area contributed by atoms with Gasteiger partial charge in [-0.05, 0) is 30.3 Å². The van der Waals surface area contributed by atoms with E-state index in [1.54, 1.807) is 42.6 Å². The largest absolute Gasteiger partial charge is 0.323 e. The smallest absolute Gasteiger partial charge is 0.308 e. The minimum absolute atomic E-state index is 0.0297. The lowest BCUT2D eigenvalue weighted by atomic mass is 10.1. The van der Waals surface area contributed by atoms with Crippen LogP contribution < -0.4 is 10.6 Å². The van der Waals surface area contributed by atoms with Crippen LogP contribution in [0.15, 0.2) is 85.1 Å². The molecule has 0 radical (unpaired) electrons. The number of para-hydroxylation sites is 1. The van der Waals surface area contributed by atoms with Gasteiger partial charge in [-0.25, -0.2) is 9.48 Å². The van der Waals surface area contributed by atoms with E-state index in [0.29, 0.717) is 22.8 Å². The predicted octanol–water partition coefficient (Wildman–Crippen LogP) is 4.49. The Morgan fingerprint density at radius 2 is 1.60 bits per heavy atom. The van der Waals surface area contributed by atoms with Crippen LogP contribution in [0.3, 0.4) is 0 Å². The maximum Gasteiger partial charge on any atom is 0.323 e. The number of nitrogens with zero attached hydrogens (tertiary/aromatic N) is 4. The summed E-state index contributed by atoms with van der Waals surface area (Å²) in [7, 11) is 0. The molecule has 0 aliphatic carbocycles. The zero-order valence-corrected chi connectivity index (χ0v) is 15.6. The number of rotatable bonds is 5. The van der Waals surface area contributed by atoms with Gasteiger partial charge in [-0.3, -0.25) is 10.1 Å². The number of nitro benzene ring substituents is 1. The summed E-state index contributed by atoms with van der Waals surface area (Å²) >= 11 is 0. The summed E-state index contributed by atoms with van der Waals surface area (Å²) in [5.74, 6) is 0.